The molecule has 0 saturated heterocycles. The van der Waals surface area contributed by atoms with E-state index < -0.39 is 7.37 Å². The molecule has 4 nitrogen and oxygen atoms in total. The van der Waals surface area contributed by atoms with E-state index in [4.69, 9.17) is 9.26 Å². The molecule has 0 heterocycles. The monoisotopic (exact) mass is 392 g/mol. The number of hydrogen-bond acceptors (Lipinski definition) is 4. The second kappa shape index (κ2) is 8.73. The molecule has 3 rings (SSSR count). The first kappa shape index (κ1) is 19.7. The van der Waals surface area contributed by atoms with Crippen LogP contribution in [-0.4, -0.2) is 12.6 Å². The zero-order valence-corrected chi connectivity index (χ0v) is 16.5. The quantitative estimate of drug-likeness (QED) is 0.330. The molecule has 3 aromatic carbocycles. The Balaban J connectivity index is 1.90. The van der Waals surface area contributed by atoms with E-state index in [-0.39, 0.29) is 11.7 Å². The van der Waals surface area contributed by atoms with E-state index in [9.17, 15) is 9.36 Å². The number of carbonyl (C=O) groups excluding carboxylic acids is 1. The Labute approximate surface area is 164 Å². The first-order valence-corrected chi connectivity index (χ1v) is 10.5. The fourth-order valence-corrected chi connectivity index (χ4v) is 4.77. The Morgan fingerprint density at radius 3 is 1.75 bits per heavy atom. The lowest BCUT2D eigenvalue weighted by Crippen LogP contribution is -2.17. The molecule has 0 bridgehead atoms. The van der Waals surface area contributed by atoms with Crippen molar-refractivity contribution in [3.63, 3.8) is 0 Å². The van der Waals surface area contributed by atoms with Crippen molar-refractivity contribution in [3.8, 4) is 0 Å². The van der Waals surface area contributed by atoms with Gasteiger partial charge in [0.25, 0.3) is 0 Å². The molecule has 3 aromatic rings. The summed E-state index contributed by atoms with van der Waals surface area (Å²) in [4.78, 5) is 11.8. The number of rotatable bonds is 7. The summed E-state index contributed by atoms with van der Waals surface area (Å²) in [5, 5.41) is 1.18. The zero-order chi connectivity index (χ0) is 20.0. The van der Waals surface area contributed by atoms with E-state index in [1.165, 1.54) is 0 Å². The first-order chi connectivity index (χ1) is 13.5. The van der Waals surface area contributed by atoms with Gasteiger partial charge in [-0.2, -0.15) is 0 Å². The molecule has 0 atom stereocenters. The Bertz CT molecular complexity index is 952. The van der Waals surface area contributed by atoms with Gasteiger partial charge in [0, 0.05) is 5.56 Å². The van der Waals surface area contributed by atoms with Crippen LogP contribution in [0.15, 0.2) is 91.5 Å². The number of carbonyl (C=O) groups is 1. The van der Waals surface area contributed by atoms with Crippen molar-refractivity contribution >= 4 is 29.7 Å². The lowest BCUT2D eigenvalue weighted by molar-refractivity contribution is 0.0526. The van der Waals surface area contributed by atoms with Crippen molar-refractivity contribution in [2.75, 3.05) is 6.61 Å². The van der Waals surface area contributed by atoms with Gasteiger partial charge in [-0.3, -0.25) is 4.57 Å². The minimum absolute atomic E-state index is 0.270. The Morgan fingerprint density at radius 2 is 1.29 bits per heavy atom. The topological polar surface area (TPSA) is 52.6 Å². The second-order valence-electron chi connectivity index (χ2n) is 6.03. The van der Waals surface area contributed by atoms with Gasteiger partial charge in [-0.1, -0.05) is 55.1 Å². The minimum atomic E-state index is -3.38. The summed E-state index contributed by atoms with van der Waals surface area (Å²) in [7, 11) is -3.38. The van der Waals surface area contributed by atoms with Gasteiger partial charge in [0.05, 0.1) is 22.8 Å². The molecule has 142 valence electrons. The molecule has 0 spiro atoms. The van der Waals surface area contributed by atoms with Gasteiger partial charge in [0.15, 0.2) is 0 Å². The highest BCUT2D eigenvalue weighted by Crippen LogP contribution is 2.48. The summed E-state index contributed by atoms with van der Waals surface area (Å²) in [6.45, 7) is 6.03. The maximum atomic E-state index is 13.9. The standard InChI is InChI=1S/C23H21O4P/c1-3-26-23(24)20-16-14-19(15-17-20)18(2)27-28(25,21-10-6-4-7-11-21)22-12-8-5-9-13-22/h4-17H,2-3H2,1H3. The zero-order valence-electron chi connectivity index (χ0n) is 15.6. The molecule has 0 aliphatic heterocycles. The molecule has 0 radical (unpaired) electrons. The normalized spacial score (nSPS) is 10.9. The van der Waals surface area contributed by atoms with Crippen LogP contribution in [0.1, 0.15) is 22.8 Å². The lowest BCUT2D eigenvalue weighted by Gasteiger charge is -2.21. The molecule has 0 amide bonds. The van der Waals surface area contributed by atoms with Crippen LogP contribution in [0.3, 0.4) is 0 Å². The maximum absolute atomic E-state index is 13.9. The highest BCUT2D eigenvalue weighted by molar-refractivity contribution is 7.74. The third kappa shape index (κ3) is 4.24. The maximum Gasteiger partial charge on any atom is 0.338 e. The van der Waals surface area contributed by atoms with Crippen LogP contribution in [0.25, 0.3) is 5.76 Å². The summed E-state index contributed by atoms with van der Waals surface area (Å²) in [6, 6.07) is 24.8. The van der Waals surface area contributed by atoms with Crippen molar-refractivity contribution < 1.29 is 18.6 Å². The smallest absolute Gasteiger partial charge is 0.338 e. The van der Waals surface area contributed by atoms with E-state index in [1.54, 1.807) is 55.5 Å². The summed E-state index contributed by atoms with van der Waals surface area (Å²) in [6.07, 6.45) is 0. The van der Waals surface area contributed by atoms with Gasteiger partial charge in [0.1, 0.15) is 5.76 Å². The largest absolute Gasteiger partial charge is 0.462 e. The predicted octanol–water partition coefficient (Wildman–Crippen LogP) is 4.78. The Morgan fingerprint density at radius 1 is 0.821 bits per heavy atom. The van der Waals surface area contributed by atoms with Crippen LogP contribution in [0, 0.1) is 0 Å². The Hall–Kier alpha value is -3.10. The van der Waals surface area contributed by atoms with E-state index in [2.05, 4.69) is 6.58 Å². The molecule has 0 aromatic heterocycles. The third-order valence-electron chi connectivity index (χ3n) is 4.15. The molecular formula is C23H21O4P. The average Bonchev–Trinajstić information content (AvgIpc) is 2.75. The minimum Gasteiger partial charge on any atom is -0.462 e. The van der Waals surface area contributed by atoms with Gasteiger partial charge in [-0.05, 0) is 43.3 Å². The molecule has 0 aliphatic rings. The van der Waals surface area contributed by atoms with Crippen molar-refractivity contribution in [1.82, 2.24) is 0 Å². The summed E-state index contributed by atoms with van der Waals surface area (Å²) in [5.41, 5.74) is 1.08. The van der Waals surface area contributed by atoms with Crippen LogP contribution in [0.4, 0.5) is 0 Å². The number of esters is 1. The molecule has 0 unspecified atom stereocenters. The lowest BCUT2D eigenvalue weighted by atomic mass is 10.1. The predicted molar refractivity (Wildman–Crippen MR) is 112 cm³/mol. The summed E-state index contributed by atoms with van der Waals surface area (Å²) >= 11 is 0. The van der Waals surface area contributed by atoms with Crippen LogP contribution in [0.2, 0.25) is 0 Å². The van der Waals surface area contributed by atoms with Gasteiger partial charge in [-0.25, -0.2) is 4.79 Å². The van der Waals surface area contributed by atoms with Crippen LogP contribution < -0.4 is 10.6 Å². The van der Waals surface area contributed by atoms with Crippen molar-refractivity contribution in [1.29, 1.82) is 0 Å². The van der Waals surface area contributed by atoms with Crippen LogP contribution in [-0.2, 0) is 13.8 Å². The molecule has 5 heteroatoms. The van der Waals surface area contributed by atoms with Gasteiger partial charge in [0.2, 0.25) is 0 Å². The molecule has 0 fully saturated rings. The van der Waals surface area contributed by atoms with Crippen molar-refractivity contribution in [2.45, 2.75) is 6.92 Å². The van der Waals surface area contributed by atoms with Gasteiger partial charge < -0.3 is 9.26 Å². The van der Waals surface area contributed by atoms with Gasteiger partial charge in [-0.15, -0.1) is 0 Å². The van der Waals surface area contributed by atoms with E-state index >= 15 is 0 Å². The van der Waals surface area contributed by atoms with Crippen LogP contribution >= 0.6 is 7.37 Å². The average molecular weight is 392 g/mol. The molecular weight excluding hydrogens is 371 g/mol. The SMILES string of the molecule is C=C(OP(=O)(c1ccccc1)c1ccccc1)c1ccc(C(=O)OCC)cc1. The fraction of sp³-hybridized carbons (Fsp3) is 0.0870. The summed E-state index contributed by atoms with van der Waals surface area (Å²) in [5.74, 6) is -0.119. The molecule has 0 saturated carbocycles. The van der Waals surface area contributed by atoms with Gasteiger partial charge >= 0.3 is 13.3 Å². The fourth-order valence-electron chi connectivity index (χ4n) is 2.72. The first-order valence-electron chi connectivity index (χ1n) is 8.92. The van der Waals surface area contributed by atoms with E-state index in [1.807, 2.05) is 36.4 Å². The summed E-state index contributed by atoms with van der Waals surface area (Å²) < 4.78 is 24.9. The third-order valence-corrected chi connectivity index (χ3v) is 6.58. The van der Waals surface area contributed by atoms with Crippen LogP contribution in [0.5, 0.6) is 0 Å². The van der Waals surface area contributed by atoms with Crippen molar-refractivity contribution in [2.24, 2.45) is 0 Å². The molecule has 0 N–H and O–H groups in total. The molecule has 28 heavy (non-hydrogen) atoms. The number of hydrogen-bond donors (Lipinski definition) is 0. The van der Waals surface area contributed by atoms with E-state index in [0.717, 1.165) is 0 Å². The second-order valence-corrected chi connectivity index (χ2v) is 8.35. The van der Waals surface area contributed by atoms with Crippen molar-refractivity contribution in [3.05, 3.63) is 103 Å². The Kier molecular flexibility index (Phi) is 6.13. The highest BCUT2D eigenvalue weighted by atomic mass is 31.2. The highest BCUT2D eigenvalue weighted by Gasteiger charge is 2.30. The number of benzene rings is 3. The number of ether oxygens (including phenoxy) is 1. The van der Waals surface area contributed by atoms with E-state index in [0.29, 0.717) is 28.3 Å². The molecule has 0 aliphatic carbocycles.